The van der Waals surface area contributed by atoms with Crippen LogP contribution >= 0.6 is 36.0 Å². The van der Waals surface area contributed by atoms with Crippen molar-refractivity contribution in [2.24, 2.45) is 5.41 Å². The zero-order valence-electron chi connectivity index (χ0n) is 9.16. The largest absolute Gasteiger partial charge is 0.248 e. The molecule has 1 aromatic heterocycles. The highest BCUT2D eigenvalue weighted by Gasteiger charge is 2.32. The predicted molar refractivity (Wildman–Crippen MR) is 74.7 cm³/mol. The van der Waals surface area contributed by atoms with Crippen molar-refractivity contribution < 1.29 is 0 Å². The highest BCUT2D eigenvalue weighted by atomic mass is 35.5. The minimum absolute atomic E-state index is 0.440. The predicted octanol–water partition coefficient (Wildman–Crippen LogP) is 4.32. The minimum atomic E-state index is 0.440. The molecule has 1 aromatic rings. The number of nitrogens with zero attached hydrogens (tertiary/aromatic N) is 1. The third-order valence-corrected chi connectivity index (χ3v) is 5.41. The molecular weight excluding hydrogens is 258 g/mol. The van der Waals surface area contributed by atoms with E-state index in [9.17, 15) is 0 Å². The molecule has 88 valence electrons. The molecule has 1 saturated carbocycles. The minimum Gasteiger partial charge on any atom is -0.248 e. The number of halogens is 1. The second-order valence-electron chi connectivity index (χ2n) is 4.47. The van der Waals surface area contributed by atoms with Crippen LogP contribution < -0.4 is 0 Å². The number of hydrogen-bond donors (Lipinski definition) is 1. The molecule has 0 saturated heterocycles. The van der Waals surface area contributed by atoms with Gasteiger partial charge in [-0.25, -0.2) is 4.98 Å². The van der Waals surface area contributed by atoms with Gasteiger partial charge in [0.25, 0.3) is 0 Å². The van der Waals surface area contributed by atoms with Gasteiger partial charge in [-0.1, -0.05) is 24.4 Å². The van der Waals surface area contributed by atoms with Crippen molar-refractivity contribution in [3.63, 3.8) is 0 Å². The molecule has 4 heteroatoms. The van der Waals surface area contributed by atoms with Crippen LogP contribution in [-0.4, -0.2) is 16.5 Å². The molecule has 1 nitrogen and oxygen atoms in total. The van der Waals surface area contributed by atoms with Crippen LogP contribution in [0.2, 0.25) is 5.02 Å². The number of thiol groups is 1. The summed E-state index contributed by atoms with van der Waals surface area (Å²) in [6, 6.07) is 3.90. The van der Waals surface area contributed by atoms with Gasteiger partial charge < -0.3 is 0 Å². The summed E-state index contributed by atoms with van der Waals surface area (Å²) in [7, 11) is 0. The lowest BCUT2D eigenvalue weighted by atomic mass is 9.91. The topological polar surface area (TPSA) is 12.9 Å². The van der Waals surface area contributed by atoms with Crippen LogP contribution in [0.25, 0.3) is 0 Å². The number of rotatable bonds is 4. The third-order valence-electron chi connectivity index (χ3n) is 3.23. The number of hydrogen-bond acceptors (Lipinski definition) is 3. The Bertz CT molecular complexity index is 333. The van der Waals surface area contributed by atoms with Crippen molar-refractivity contribution in [3.8, 4) is 0 Å². The molecule has 0 aromatic carbocycles. The quantitative estimate of drug-likeness (QED) is 0.648. The van der Waals surface area contributed by atoms with E-state index in [1.54, 1.807) is 6.20 Å². The SMILES string of the molecule is SCC1(CSc2ccc(Cl)cn2)CCCC1. The number of pyridine rings is 1. The van der Waals surface area contributed by atoms with Gasteiger partial charge in [0, 0.05) is 11.9 Å². The second kappa shape index (κ2) is 5.65. The van der Waals surface area contributed by atoms with Gasteiger partial charge in [0.2, 0.25) is 0 Å². The van der Waals surface area contributed by atoms with Crippen molar-refractivity contribution in [2.75, 3.05) is 11.5 Å². The molecule has 2 rings (SSSR count). The summed E-state index contributed by atoms with van der Waals surface area (Å²) in [6.45, 7) is 0. The Hall–Kier alpha value is 0.140. The molecule has 0 radical (unpaired) electrons. The van der Waals surface area contributed by atoms with Gasteiger partial charge in [-0.2, -0.15) is 12.6 Å². The van der Waals surface area contributed by atoms with Crippen molar-refractivity contribution in [1.82, 2.24) is 4.98 Å². The summed E-state index contributed by atoms with van der Waals surface area (Å²) < 4.78 is 0. The Morgan fingerprint density at radius 3 is 2.69 bits per heavy atom. The molecule has 0 unspecified atom stereocenters. The highest BCUT2D eigenvalue weighted by Crippen LogP contribution is 2.42. The lowest BCUT2D eigenvalue weighted by Crippen LogP contribution is -2.21. The average molecular weight is 274 g/mol. The molecule has 16 heavy (non-hydrogen) atoms. The van der Waals surface area contributed by atoms with E-state index in [0.717, 1.165) is 16.5 Å². The fraction of sp³-hybridized carbons (Fsp3) is 0.583. The van der Waals surface area contributed by atoms with Crippen molar-refractivity contribution >= 4 is 36.0 Å². The summed E-state index contributed by atoms with van der Waals surface area (Å²) in [5.74, 6) is 2.12. The van der Waals surface area contributed by atoms with Gasteiger partial charge in [0.1, 0.15) is 0 Å². The first-order valence-corrected chi connectivity index (χ1v) is 7.59. The molecule has 0 spiro atoms. The molecule has 1 heterocycles. The van der Waals surface area contributed by atoms with Gasteiger partial charge in [-0.05, 0) is 36.1 Å². The van der Waals surface area contributed by atoms with E-state index in [0.29, 0.717) is 10.4 Å². The molecule has 0 N–H and O–H groups in total. The maximum atomic E-state index is 5.81. The zero-order chi connectivity index (χ0) is 11.4. The fourth-order valence-electron chi connectivity index (χ4n) is 2.15. The van der Waals surface area contributed by atoms with Gasteiger partial charge in [0.15, 0.2) is 0 Å². The van der Waals surface area contributed by atoms with Crippen LogP contribution in [0.1, 0.15) is 25.7 Å². The first-order valence-electron chi connectivity index (χ1n) is 5.59. The van der Waals surface area contributed by atoms with Gasteiger partial charge in [0.05, 0.1) is 10.0 Å². The van der Waals surface area contributed by atoms with E-state index in [1.807, 2.05) is 23.9 Å². The smallest absolute Gasteiger partial charge is 0.0961 e. The van der Waals surface area contributed by atoms with E-state index in [2.05, 4.69) is 17.6 Å². The number of thioether (sulfide) groups is 1. The normalized spacial score (nSPS) is 18.9. The maximum Gasteiger partial charge on any atom is 0.0961 e. The van der Waals surface area contributed by atoms with Gasteiger partial charge >= 0.3 is 0 Å². The molecule has 0 bridgehead atoms. The lowest BCUT2D eigenvalue weighted by Gasteiger charge is -2.25. The Morgan fingerprint density at radius 1 is 1.38 bits per heavy atom. The number of aromatic nitrogens is 1. The Morgan fingerprint density at radius 2 is 2.12 bits per heavy atom. The molecule has 0 atom stereocenters. The van der Waals surface area contributed by atoms with E-state index >= 15 is 0 Å². The maximum absolute atomic E-state index is 5.81. The van der Waals surface area contributed by atoms with E-state index < -0.39 is 0 Å². The summed E-state index contributed by atoms with van der Waals surface area (Å²) in [5, 5.41) is 1.77. The van der Waals surface area contributed by atoms with E-state index in [4.69, 9.17) is 11.6 Å². The van der Waals surface area contributed by atoms with Crippen LogP contribution in [0.15, 0.2) is 23.4 Å². The van der Waals surface area contributed by atoms with Crippen molar-refractivity contribution in [2.45, 2.75) is 30.7 Å². The summed E-state index contributed by atoms with van der Waals surface area (Å²) in [5.41, 5.74) is 0.440. The Kier molecular flexibility index (Phi) is 4.45. The molecule has 1 fully saturated rings. The average Bonchev–Trinajstić information content (AvgIpc) is 2.78. The summed E-state index contributed by atoms with van der Waals surface area (Å²) in [6.07, 6.45) is 7.06. The standard InChI is InChI=1S/C12H16ClNS2/c13-10-3-4-11(14-7-10)16-9-12(8-15)5-1-2-6-12/h3-4,7,15H,1-2,5-6,8-9H2. The second-order valence-corrected chi connectivity index (χ2v) is 6.22. The van der Waals surface area contributed by atoms with E-state index in [1.165, 1.54) is 25.7 Å². The van der Waals surface area contributed by atoms with E-state index in [-0.39, 0.29) is 0 Å². The highest BCUT2D eigenvalue weighted by molar-refractivity contribution is 7.99. The van der Waals surface area contributed by atoms with Gasteiger partial charge in [-0.15, -0.1) is 11.8 Å². The molecular formula is C12H16ClNS2. The van der Waals surface area contributed by atoms with Crippen molar-refractivity contribution in [3.05, 3.63) is 23.4 Å². The van der Waals surface area contributed by atoms with Crippen molar-refractivity contribution in [1.29, 1.82) is 0 Å². The summed E-state index contributed by atoms with van der Waals surface area (Å²) in [4.78, 5) is 4.31. The first-order chi connectivity index (χ1) is 7.74. The van der Waals surface area contributed by atoms with Crippen LogP contribution in [0, 0.1) is 5.41 Å². The molecule has 0 aliphatic heterocycles. The Balaban J connectivity index is 1.93. The molecule has 1 aliphatic rings. The summed E-state index contributed by atoms with van der Waals surface area (Å²) >= 11 is 12.2. The van der Waals surface area contributed by atoms with Gasteiger partial charge in [-0.3, -0.25) is 0 Å². The zero-order valence-corrected chi connectivity index (χ0v) is 11.6. The Labute approximate surface area is 112 Å². The van der Waals surface area contributed by atoms with Crippen LogP contribution in [0.5, 0.6) is 0 Å². The first kappa shape index (κ1) is 12.6. The fourth-order valence-corrected chi connectivity index (χ4v) is 3.98. The third kappa shape index (κ3) is 3.08. The van der Waals surface area contributed by atoms with Crippen LogP contribution in [0.4, 0.5) is 0 Å². The van der Waals surface area contributed by atoms with Crippen LogP contribution in [-0.2, 0) is 0 Å². The molecule has 1 aliphatic carbocycles. The van der Waals surface area contributed by atoms with Crippen LogP contribution in [0.3, 0.4) is 0 Å². The molecule has 0 amide bonds. The monoisotopic (exact) mass is 273 g/mol. The lowest BCUT2D eigenvalue weighted by molar-refractivity contribution is 0.403.